The number of hydrogen-bond donors (Lipinski definition) is 2. The molecule has 0 saturated heterocycles. The molecule has 0 unspecified atom stereocenters. The molecule has 0 aliphatic carbocycles. The number of anilines is 1. The van der Waals surface area contributed by atoms with Crippen LogP contribution in [0.3, 0.4) is 0 Å². The van der Waals surface area contributed by atoms with Gasteiger partial charge in [0.2, 0.25) is 0 Å². The van der Waals surface area contributed by atoms with Crippen molar-refractivity contribution in [3.63, 3.8) is 0 Å². The zero-order valence-corrected chi connectivity index (χ0v) is 9.68. The summed E-state index contributed by atoms with van der Waals surface area (Å²) in [5, 5.41) is 10.6. The van der Waals surface area contributed by atoms with E-state index in [-0.39, 0.29) is 19.6 Å². The average molecular weight is 247 g/mol. The first-order chi connectivity index (χ1) is 8.65. The highest BCUT2D eigenvalue weighted by Gasteiger charge is 2.10. The van der Waals surface area contributed by atoms with E-state index in [1.807, 2.05) is 6.07 Å². The van der Waals surface area contributed by atoms with E-state index in [9.17, 15) is 9.59 Å². The smallest absolute Gasteiger partial charge is 0.325 e. The minimum atomic E-state index is -0.590. The molecule has 0 aromatic heterocycles. The van der Waals surface area contributed by atoms with Gasteiger partial charge < -0.3 is 15.8 Å². The van der Waals surface area contributed by atoms with Crippen LogP contribution in [0.15, 0.2) is 24.3 Å². The Balaban J connectivity index is 2.40. The van der Waals surface area contributed by atoms with Crippen LogP contribution in [0.2, 0.25) is 0 Å². The molecule has 0 bridgehead atoms. The lowest BCUT2D eigenvalue weighted by Gasteiger charge is -2.06. The van der Waals surface area contributed by atoms with Crippen LogP contribution in [0, 0.1) is 11.3 Å². The fourth-order valence-electron chi connectivity index (χ4n) is 1.21. The van der Waals surface area contributed by atoms with Gasteiger partial charge in [-0.2, -0.15) is 5.26 Å². The largest absolute Gasteiger partial charge is 0.463 e. The molecule has 0 fully saturated rings. The highest BCUT2D eigenvalue weighted by atomic mass is 16.5. The molecular formula is C12H13N3O3. The summed E-state index contributed by atoms with van der Waals surface area (Å²) in [5.74, 6) is -1.03. The summed E-state index contributed by atoms with van der Waals surface area (Å²) in [6, 6.07) is 8.39. The van der Waals surface area contributed by atoms with Crippen molar-refractivity contribution in [2.45, 2.75) is 6.42 Å². The van der Waals surface area contributed by atoms with Gasteiger partial charge in [-0.15, -0.1) is 0 Å². The van der Waals surface area contributed by atoms with Crippen molar-refractivity contribution in [3.05, 3.63) is 29.8 Å². The molecule has 1 aromatic carbocycles. The Hall–Kier alpha value is -2.55. The monoisotopic (exact) mass is 247 g/mol. The number of rotatable bonds is 5. The van der Waals surface area contributed by atoms with Crippen molar-refractivity contribution < 1.29 is 14.3 Å². The molecular weight excluding hydrogens is 234 g/mol. The second kappa shape index (κ2) is 6.91. The van der Waals surface area contributed by atoms with Crippen LogP contribution in [0.4, 0.5) is 5.69 Å². The third-order valence-electron chi connectivity index (χ3n) is 2.08. The number of amides is 1. The molecule has 94 valence electrons. The Morgan fingerprint density at radius 3 is 2.78 bits per heavy atom. The van der Waals surface area contributed by atoms with Crippen LogP contribution >= 0.6 is 0 Å². The summed E-state index contributed by atoms with van der Waals surface area (Å²) in [4.78, 5) is 22.8. The molecule has 0 spiro atoms. The van der Waals surface area contributed by atoms with E-state index < -0.39 is 11.9 Å². The molecule has 0 aliphatic rings. The van der Waals surface area contributed by atoms with Crippen LogP contribution in [0.25, 0.3) is 0 Å². The van der Waals surface area contributed by atoms with Crippen molar-refractivity contribution in [1.29, 1.82) is 5.26 Å². The SMILES string of the molecule is N#CCCOC(=O)CNC(=O)c1ccccc1N. The number of hydrogen-bond acceptors (Lipinski definition) is 5. The molecule has 0 aliphatic heterocycles. The van der Waals surface area contributed by atoms with E-state index >= 15 is 0 Å². The van der Waals surface area contributed by atoms with Crippen LogP contribution < -0.4 is 11.1 Å². The maximum Gasteiger partial charge on any atom is 0.325 e. The summed E-state index contributed by atoms with van der Waals surface area (Å²) in [5.41, 5.74) is 6.26. The molecule has 0 saturated carbocycles. The summed E-state index contributed by atoms with van der Waals surface area (Å²) in [7, 11) is 0. The van der Waals surface area contributed by atoms with Gasteiger partial charge in [0.25, 0.3) is 5.91 Å². The second-order valence-electron chi connectivity index (χ2n) is 3.40. The Bertz CT molecular complexity index is 480. The third kappa shape index (κ3) is 4.14. The lowest BCUT2D eigenvalue weighted by Crippen LogP contribution is -2.31. The molecule has 1 rings (SSSR count). The lowest BCUT2D eigenvalue weighted by molar-refractivity contribution is -0.142. The molecule has 0 atom stereocenters. The summed E-state index contributed by atoms with van der Waals surface area (Å²) in [6.45, 7) is -0.225. The normalized spacial score (nSPS) is 9.28. The van der Waals surface area contributed by atoms with Crippen molar-refractivity contribution in [3.8, 4) is 6.07 Å². The van der Waals surface area contributed by atoms with E-state index in [1.165, 1.54) is 0 Å². The molecule has 18 heavy (non-hydrogen) atoms. The molecule has 3 N–H and O–H groups in total. The predicted octanol–water partition coefficient (Wildman–Crippen LogP) is 0.455. The van der Waals surface area contributed by atoms with Gasteiger partial charge in [-0.25, -0.2) is 0 Å². The van der Waals surface area contributed by atoms with E-state index in [1.54, 1.807) is 24.3 Å². The maximum atomic E-state index is 11.6. The number of carbonyl (C=O) groups is 2. The standard InChI is InChI=1S/C12H13N3O3/c13-6-3-7-18-11(16)8-15-12(17)9-4-1-2-5-10(9)14/h1-2,4-5H,3,7-8,14H2,(H,15,17). The van der Waals surface area contributed by atoms with Crippen LogP contribution in [0.5, 0.6) is 0 Å². The second-order valence-corrected chi connectivity index (χ2v) is 3.40. The lowest BCUT2D eigenvalue weighted by atomic mass is 10.2. The Morgan fingerprint density at radius 1 is 1.39 bits per heavy atom. The number of para-hydroxylation sites is 1. The number of nitrogens with two attached hydrogens (primary N) is 1. The predicted molar refractivity (Wildman–Crippen MR) is 64.4 cm³/mol. The van der Waals surface area contributed by atoms with Crippen LogP contribution in [-0.4, -0.2) is 25.0 Å². The topological polar surface area (TPSA) is 105 Å². The molecule has 0 heterocycles. The molecule has 1 aromatic rings. The van der Waals surface area contributed by atoms with Gasteiger partial charge in [0.15, 0.2) is 0 Å². The fourth-order valence-corrected chi connectivity index (χ4v) is 1.21. The number of nitrogen functional groups attached to an aromatic ring is 1. The van der Waals surface area contributed by atoms with Crippen LogP contribution in [0.1, 0.15) is 16.8 Å². The molecule has 1 amide bonds. The summed E-state index contributed by atoms with van der Waals surface area (Å²) in [6.07, 6.45) is 0.130. The quantitative estimate of drug-likeness (QED) is 0.446. The first-order valence-electron chi connectivity index (χ1n) is 5.30. The van der Waals surface area contributed by atoms with Crippen molar-refractivity contribution in [2.75, 3.05) is 18.9 Å². The van der Waals surface area contributed by atoms with E-state index in [0.29, 0.717) is 11.3 Å². The number of nitrogens with one attached hydrogen (secondary N) is 1. The third-order valence-corrected chi connectivity index (χ3v) is 2.08. The van der Waals surface area contributed by atoms with E-state index in [2.05, 4.69) is 5.32 Å². The zero-order chi connectivity index (χ0) is 13.4. The van der Waals surface area contributed by atoms with Gasteiger partial charge in [0.1, 0.15) is 13.2 Å². The van der Waals surface area contributed by atoms with Gasteiger partial charge in [-0.1, -0.05) is 12.1 Å². The van der Waals surface area contributed by atoms with Crippen LogP contribution in [-0.2, 0) is 9.53 Å². The molecule has 6 heteroatoms. The van der Waals surface area contributed by atoms with Gasteiger partial charge in [0, 0.05) is 5.69 Å². The molecule has 6 nitrogen and oxygen atoms in total. The van der Waals surface area contributed by atoms with Crippen molar-refractivity contribution in [2.24, 2.45) is 0 Å². The van der Waals surface area contributed by atoms with E-state index in [0.717, 1.165) is 0 Å². The van der Waals surface area contributed by atoms with Gasteiger partial charge in [-0.3, -0.25) is 9.59 Å². The number of esters is 1. The van der Waals surface area contributed by atoms with Gasteiger partial charge in [-0.05, 0) is 12.1 Å². The first-order valence-corrected chi connectivity index (χ1v) is 5.30. The first kappa shape index (κ1) is 13.5. The van der Waals surface area contributed by atoms with E-state index in [4.69, 9.17) is 15.7 Å². The Morgan fingerprint density at radius 2 is 2.11 bits per heavy atom. The zero-order valence-electron chi connectivity index (χ0n) is 9.68. The highest BCUT2D eigenvalue weighted by molar-refractivity contribution is 6.00. The number of benzene rings is 1. The minimum absolute atomic E-state index is 0.0265. The number of nitrogens with zero attached hydrogens (tertiary/aromatic N) is 1. The summed E-state index contributed by atoms with van der Waals surface area (Å²) < 4.78 is 4.69. The average Bonchev–Trinajstić information content (AvgIpc) is 2.37. The fraction of sp³-hybridized carbons (Fsp3) is 0.250. The van der Waals surface area contributed by atoms with Crippen molar-refractivity contribution in [1.82, 2.24) is 5.32 Å². The molecule has 0 radical (unpaired) electrons. The number of carbonyl (C=O) groups excluding carboxylic acids is 2. The number of nitriles is 1. The van der Waals surface area contributed by atoms with Crippen molar-refractivity contribution >= 4 is 17.6 Å². The summed E-state index contributed by atoms with van der Waals surface area (Å²) >= 11 is 0. The highest BCUT2D eigenvalue weighted by Crippen LogP contribution is 2.09. The Kier molecular flexibility index (Phi) is 5.19. The Labute approximate surface area is 104 Å². The van der Waals surface area contributed by atoms with Gasteiger partial charge in [0.05, 0.1) is 18.1 Å². The minimum Gasteiger partial charge on any atom is -0.463 e. The number of ether oxygens (including phenoxy) is 1. The maximum absolute atomic E-state index is 11.6. The van der Waals surface area contributed by atoms with Gasteiger partial charge >= 0.3 is 5.97 Å².